The lowest BCUT2D eigenvalue weighted by molar-refractivity contribution is 0.768. The number of anilines is 3. The zero-order chi connectivity index (χ0) is 42.0. The Morgan fingerprint density at radius 1 is 0.345 bits per heavy atom. The van der Waals surface area contributed by atoms with Crippen molar-refractivity contribution in [3.63, 3.8) is 0 Å². The topological polar surface area (TPSA) is 3.24 Å². The summed E-state index contributed by atoms with van der Waals surface area (Å²) in [7, 11) is 0. The zero-order valence-electron chi connectivity index (χ0n) is 35.7. The maximum atomic E-state index is 9.97. The first-order valence-corrected chi connectivity index (χ1v) is 19.8. The van der Waals surface area contributed by atoms with Crippen molar-refractivity contribution < 1.29 is 5.48 Å². The van der Waals surface area contributed by atoms with Crippen molar-refractivity contribution in [3.8, 4) is 33.4 Å². The first-order valence-electron chi connectivity index (χ1n) is 21.8. The number of fused-ring (bicyclic) bond motifs is 6. The van der Waals surface area contributed by atoms with Gasteiger partial charge in [-0.25, -0.2) is 0 Å². The molecule has 1 aliphatic carbocycles. The number of hydrogen-bond acceptors (Lipinski definition) is 1. The summed E-state index contributed by atoms with van der Waals surface area (Å²) in [6.07, 6.45) is 0. The molecule has 0 aromatic heterocycles. The van der Waals surface area contributed by atoms with Crippen molar-refractivity contribution in [1.82, 2.24) is 0 Å². The van der Waals surface area contributed by atoms with Gasteiger partial charge in [-0.3, -0.25) is 0 Å². The molecule has 0 amide bonds. The SMILES string of the molecule is [2H]c1c([2H])c(N(c2ccc3c(c2)C(c2ccccc2)(c2ccccc2)c2ccccc2-3)c2ccccc2-c2ccccc2)c([2H])c([2H])c1-c1cc2ccccc2c2ccccc12. The molecule has 0 heterocycles. The number of para-hydroxylation sites is 1. The van der Waals surface area contributed by atoms with Crippen molar-refractivity contribution in [2.45, 2.75) is 5.41 Å². The lowest BCUT2D eigenvalue weighted by Gasteiger charge is -2.35. The standard InChI is InChI=1S/C57H39N/c1-4-18-40(19-5-1)48-26-15-17-31-56(48)58(45-34-32-41(33-35-45)53-38-42-20-10-11-25-47(42)49-27-12-13-28-50(49)53)46-36-37-52-51-29-14-16-30-54(51)57(55(52)39-46,43-21-6-2-7-22-43)44-23-8-3-9-24-44/h1-39H/i32D,33D,34D,35D. The van der Waals surface area contributed by atoms with Crippen molar-refractivity contribution >= 4 is 38.6 Å². The van der Waals surface area contributed by atoms with Crippen molar-refractivity contribution in [1.29, 1.82) is 0 Å². The van der Waals surface area contributed by atoms with Gasteiger partial charge in [-0.05, 0) is 108 Å². The van der Waals surface area contributed by atoms with Crippen LogP contribution in [-0.2, 0) is 5.41 Å². The Labute approximate surface area is 345 Å². The van der Waals surface area contributed by atoms with Crippen LogP contribution in [0.3, 0.4) is 0 Å². The van der Waals surface area contributed by atoms with E-state index in [9.17, 15) is 5.48 Å². The summed E-state index contributed by atoms with van der Waals surface area (Å²) in [5.41, 5.74) is 10.5. The summed E-state index contributed by atoms with van der Waals surface area (Å²) in [4.78, 5) is 1.95. The van der Waals surface area contributed by atoms with E-state index in [-0.39, 0.29) is 35.4 Å². The molecule has 0 aliphatic heterocycles. The predicted octanol–water partition coefficient (Wildman–Crippen LogP) is 15.2. The molecule has 0 radical (unpaired) electrons. The molecular weight excluding hydrogens is 699 g/mol. The van der Waals surface area contributed by atoms with Crippen molar-refractivity contribution in [2.24, 2.45) is 0 Å². The first-order chi connectivity index (χ1) is 30.5. The van der Waals surface area contributed by atoms with Gasteiger partial charge in [0.1, 0.15) is 0 Å². The van der Waals surface area contributed by atoms with Crippen LogP contribution in [0.5, 0.6) is 0 Å². The molecule has 58 heavy (non-hydrogen) atoms. The van der Waals surface area contributed by atoms with Gasteiger partial charge in [-0.15, -0.1) is 0 Å². The maximum Gasteiger partial charge on any atom is 0.0714 e. The Bertz CT molecular complexity index is 3280. The van der Waals surface area contributed by atoms with Crippen LogP contribution in [0.4, 0.5) is 17.1 Å². The molecule has 1 heteroatoms. The lowest BCUT2D eigenvalue weighted by Crippen LogP contribution is -2.28. The van der Waals surface area contributed by atoms with Gasteiger partial charge in [0.15, 0.2) is 0 Å². The molecule has 0 saturated carbocycles. The van der Waals surface area contributed by atoms with Crippen LogP contribution in [0, 0.1) is 0 Å². The van der Waals surface area contributed by atoms with Gasteiger partial charge >= 0.3 is 0 Å². The fraction of sp³-hybridized carbons (Fsp3) is 0.0175. The van der Waals surface area contributed by atoms with E-state index in [1.807, 2.05) is 83.8 Å². The summed E-state index contributed by atoms with van der Waals surface area (Å²) in [6.45, 7) is 0. The van der Waals surface area contributed by atoms with E-state index in [4.69, 9.17) is 0 Å². The molecule has 0 unspecified atom stereocenters. The molecule has 10 aromatic rings. The Kier molecular flexibility index (Phi) is 7.14. The summed E-state index contributed by atoms with van der Waals surface area (Å²) in [5.74, 6) is 0. The number of rotatable bonds is 7. The zero-order valence-corrected chi connectivity index (χ0v) is 31.7. The molecule has 10 aromatic carbocycles. The second-order valence-electron chi connectivity index (χ2n) is 14.9. The molecule has 1 nitrogen and oxygen atoms in total. The summed E-state index contributed by atoms with van der Waals surface area (Å²) in [5, 5.41) is 3.92. The Morgan fingerprint density at radius 2 is 0.897 bits per heavy atom. The molecule has 0 N–H and O–H groups in total. The second kappa shape index (κ2) is 13.9. The minimum atomic E-state index is -0.690. The average molecular weight is 742 g/mol. The minimum absolute atomic E-state index is 0.0971. The van der Waals surface area contributed by atoms with E-state index in [1.165, 1.54) is 5.56 Å². The van der Waals surface area contributed by atoms with E-state index in [2.05, 4.69) is 133 Å². The van der Waals surface area contributed by atoms with E-state index in [0.29, 0.717) is 5.56 Å². The third kappa shape index (κ3) is 5.32. The smallest absolute Gasteiger partial charge is 0.0714 e. The van der Waals surface area contributed by atoms with Gasteiger partial charge in [0, 0.05) is 16.9 Å². The van der Waals surface area contributed by atoms with E-state index in [0.717, 1.165) is 71.9 Å². The molecule has 11 rings (SSSR count). The highest BCUT2D eigenvalue weighted by Gasteiger charge is 2.46. The van der Waals surface area contributed by atoms with Crippen LogP contribution in [0.1, 0.15) is 27.7 Å². The highest BCUT2D eigenvalue weighted by molar-refractivity contribution is 6.13. The summed E-state index contributed by atoms with van der Waals surface area (Å²) >= 11 is 0. The third-order valence-corrected chi connectivity index (χ3v) is 11.8. The molecule has 0 saturated heterocycles. The van der Waals surface area contributed by atoms with Gasteiger partial charge in [-0.1, -0.05) is 200 Å². The van der Waals surface area contributed by atoms with Crippen LogP contribution in [0.25, 0.3) is 54.9 Å². The molecule has 272 valence electrons. The summed E-state index contributed by atoms with van der Waals surface area (Å²) < 4.78 is 39.6. The number of nitrogens with zero attached hydrogens (tertiary/aromatic N) is 1. The molecule has 1 aliphatic rings. The molecule has 0 spiro atoms. The Balaban J connectivity index is 1.22. The minimum Gasteiger partial charge on any atom is -0.310 e. The quantitative estimate of drug-likeness (QED) is 0.147. The highest BCUT2D eigenvalue weighted by Crippen LogP contribution is 2.57. The Hall–Kier alpha value is -7.48. The fourth-order valence-electron chi connectivity index (χ4n) is 9.30. The van der Waals surface area contributed by atoms with Crippen LogP contribution >= 0.6 is 0 Å². The van der Waals surface area contributed by atoms with Crippen LogP contribution in [0.15, 0.2) is 236 Å². The monoisotopic (exact) mass is 741 g/mol. The van der Waals surface area contributed by atoms with E-state index < -0.39 is 5.41 Å². The van der Waals surface area contributed by atoms with Gasteiger partial charge in [-0.2, -0.15) is 0 Å². The van der Waals surface area contributed by atoms with Gasteiger partial charge < -0.3 is 4.90 Å². The summed E-state index contributed by atoms with van der Waals surface area (Å²) in [6, 6.07) is 72.3. The third-order valence-electron chi connectivity index (χ3n) is 11.8. The first kappa shape index (κ1) is 29.8. The predicted molar refractivity (Wildman–Crippen MR) is 244 cm³/mol. The van der Waals surface area contributed by atoms with Crippen LogP contribution < -0.4 is 4.90 Å². The largest absolute Gasteiger partial charge is 0.310 e. The Morgan fingerprint density at radius 3 is 1.62 bits per heavy atom. The molecular formula is C57H39N. The van der Waals surface area contributed by atoms with Crippen molar-refractivity contribution in [2.75, 3.05) is 4.90 Å². The van der Waals surface area contributed by atoms with Gasteiger partial charge in [0.2, 0.25) is 0 Å². The number of hydrogen-bond donors (Lipinski definition) is 0. The van der Waals surface area contributed by atoms with Crippen LogP contribution in [0.2, 0.25) is 0 Å². The molecule has 0 fully saturated rings. The van der Waals surface area contributed by atoms with E-state index in [1.54, 1.807) is 0 Å². The molecule has 0 atom stereocenters. The number of benzene rings is 10. The van der Waals surface area contributed by atoms with Gasteiger partial charge in [0.25, 0.3) is 0 Å². The fourth-order valence-corrected chi connectivity index (χ4v) is 9.30. The second-order valence-corrected chi connectivity index (χ2v) is 14.9. The lowest BCUT2D eigenvalue weighted by atomic mass is 9.67. The highest BCUT2D eigenvalue weighted by atomic mass is 15.1. The van der Waals surface area contributed by atoms with Gasteiger partial charge in [0.05, 0.1) is 16.6 Å². The van der Waals surface area contributed by atoms with Crippen LogP contribution in [-0.4, -0.2) is 0 Å². The molecule has 0 bridgehead atoms. The van der Waals surface area contributed by atoms with E-state index >= 15 is 0 Å². The maximum absolute atomic E-state index is 9.97. The normalized spacial score (nSPS) is 13.6. The van der Waals surface area contributed by atoms with Crippen molar-refractivity contribution in [3.05, 3.63) is 259 Å². The average Bonchev–Trinajstić information content (AvgIpc) is 3.63.